The van der Waals surface area contributed by atoms with Crippen molar-refractivity contribution in [2.24, 2.45) is 17.8 Å². The molecule has 1 N–H and O–H groups in total. The monoisotopic (exact) mass is 394 g/mol. The Morgan fingerprint density at radius 1 is 1.07 bits per heavy atom. The van der Waals surface area contributed by atoms with Gasteiger partial charge in [-0.3, -0.25) is 9.59 Å². The maximum atomic E-state index is 12.5. The first-order valence-corrected chi connectivity index (χ1v) is 11.0. The number of piperidine rings is 1. The molecule has 7 heteroatoms. The number of ketones is 1. The molecule has 1 aromatic rings. The number of sulfonamides is 1. The Morgan fingerprint density at radius 2 is 1.67 bits per heavy atom. The van der Waals surface area contributed by atoms with Crippen molar-refractivity contribution in [1.29, 1.82) is 0 Å². The van der Waals surface area contributed by atoms with Gasteiger partial charge in [0.15, 0.2) is 0 Å². The Kier molecular flexibility index (Phi) is 6.68. The van der Waals surface area contributed by atoms with E-state index in [4.69, 9.17) is 0 Å². The Balaban J connectivity index is 2.11. The van der Waals surface area contributed by atoms with Crippen molar-refractivity contribution in [3.63, 3.8) is 0 Å². The molecule has 1 fully saturated rings. The Labute approximate surface area is 162 Å². The highest BCUT2D eigenvalue weighted by atomic mass is 32.2. The maximum Gasteiger partial charge on any atom is 0.264 e. The number of hydrogen-bond acceptors (Lipinski definition) is 5. The number of nitrogens with zero attached hydrogens (tertiary/aromatic N) is 1. The molecule has 1 saturated heterocycles. The van der Waals surface area contributed by atoms with Gasteiger partial charge in [0.1, 0.15) is 5.78 Å². The van der Waals surface area contributed by atoms with Gasteiger partial charge in [-0.15, -0.1) is 0 Å². The number of carbonyl (C=O) groups is 2. The fraction of sp³-hybridized carbons (Fsp3) is 0.600. The lowest BCUT2D eigenvalue weighted by Crippen LogP contribution is -2.37. The molecule has 0 atom stereocenters. The highest BCUT2D eigenvalue weighted by molar-refractivity contribution is 7.90. The lowest BCUT2D eigenvalue weighted by Gasteiger charge is -2.34. The third-order valence-corrected chi connectivity index (χ3v) is 6.55. The highest BCUT2D eigenvalue weighted by Gasteiger charge is 2.27. The molecule has 0 aromatic heterocycles. The number of Topliss-reactive ketones (excluding diaryl/α,β-unsaturated/α-hetero) is 1. The van der Waals surface area contributed by atoms with Crippen LogP contribution in [-0.4, -0.2) is 33.2 Å². The second kappa shape index (κ2) is 8.42. The molecule has 0 unspecified atom stereocenters. The van der Waals surface area contributed by atoms with Crippen LogP contribution in [0.2, 0.25) is 0 Å². The van der Waals surface area contributed by atoms with Crippen LogP contribution in [0, 0.1) is 24.7 Å². The molecule has 1 amide bonds. The summed E-state index contributed by atoms with van der Waals surface area (Å²) in [7, 11) is -3.87. The summed E-state index contributed by atoms with van der Waals surface area (Å²) in [6, 6.07) is 5.15. The van der Waals surface area contributed by atoms with Crippen molar-refractivity contribution in [3.8, 4) is 0 Å². The van der Waals surface area contributed by atoms with E-state index in [-0.39, 0.29) is 16.7 Å². The third-order valence-electron chi connectivity index (χ3n) is 5.04. The van der Waals surface area contributed by atoms with Crippen molar-refractivity contribution in [2.75, 3.05) is 18.0 Å². The number of amides is 1. The van der Waals surface area contributed by atoms with Crippen molar-refractivity contribution in [3.05, 3.63) is 23.8 Å². The van der Waals surface area contributed by atoms with Gasteiger partial charge in [-0.05, 0) is 43.5 Å². The van der Waals surface area contributed by atoms with E-state index in [1.165, 1.54) is 0 Å². The zero-order valence-corrected chi connectivity index (χ0v) is 17.6. The number of benzene rings is 1. The second-order valence-electron chi connectivity index (χ2n) is 7.89. The summed E-state index contributed by atoms with van der Waals surface area (Å²) in [6.07, 6.45) is 1.64. The topological polar surface area (TPSA) is 83.6 Å². The predicted molar refractivity (Wildman–Crippen MR) is 106 cm³/mol. The van der Waals surface area contributed by atoms with Gasteiger partial charge in [0.05, 0.1) is 4.90 Å². The first kappa shape index (κ1) is 21.4. The molecule has 2 rings (SSSR count). The van der Waals surface area contributed by atoms with Crippen LogP contribution in [0.1, 0.15) is 46.1 Å². The fourth-order valence-corrected chi connectivity index (χ4v) is 4.67. The number of anilines is 1. The van der Waals surface area contributed by atoms with E-state index in [0.29, 0.717) is 11.3 Å². The SMILES string of the molecule is Cc1cc(N2CCC(C(=O)C(C)C)CC2)ccc1S(=O)(=O)NC(=O)C(C)C. The lowest BCUT2D eigenvalue weighted by molar-refractivity contribution is -0.126. The average Bonchev–Trinajstić information content (AvgIpc) is 2.60. The average molecular weight is 395 g/mol. The maximum absolute atomic E-state index is 12.5. The fourth-order valence-electron chi connectivity index (χ4n) is 3.33. The summed E-state index contributed by atoms with van der Waals surface area (Å²) in [5.74, 6) is -0.416. The number of hydrogen-bond donors (Lipinski definition) is 1. The molecule has 0 spiro atoms. The van der Waals surface area contributed by atoms with Crippen LogP contribution in [0.3, 0.4) is 0 Å². The summed E-state index contributed by atoms with van der Waals surface area (Å²) in [5, 5.41) is 0. The Bertz CT molecular complexity index is 807. The number of nitrogens with one attached hydrogen (secondary N) is 1. The van der Waals surface area contributed by atoms with Gasteiger partial charge < -0.3 is 4.90 Å². The van der Waals surface area contributed by atoms with E-state index in [0.717, 1.165) is 31.6 Å². The van der Waals surface area contributed by atoms with Crippen molar-refractivity contribution >= 4 is 27.4 Å². The summed E-state index contributed by atoms with van der Waals surface area (Å²) >= 11 is 0. The smallest absolute Gasteiger partial charge is 0.264 e. The van der Waals surface area contributed by atoms with E-state index in [1.54, 1.807) is 32.9 Å². The van der Waals surface area contributed by atoms with Crippen LogP contribution < -0.4 is 9.62 Å². The van der Waals surface area contributed by atoms with Crippen LogP contribution >= 0.6 is 0 Å². The van der Waals surface area contributed by atoms with Gasteiger partial charge in [-0.2, -0.15) is 0 Å². The van der Waals surface area contributed by atoms with Crippen LogP contribution in [0.15, 0.2) is 23.1 Å². The third kappa shape index (κ3) is 5.09. The Hall–Kier alpha value is -1.89. The number of carbonyl (C=O) groups excluding carboxylic acids is 2. The molecule has 0 bridgehead atoms. The van der Waals surface area contributed by atoms with Crippen molar-refractivity contribution < 1.29 is 18.0 Å². The molecule has 0 radical (unpaired) electrons. The molecule has 27 heavy (non-hydrogen) atoms. The standard InChI is InChI=1S/C20H30N2O4S/c1-13(2)19(23)16-8-10-22(11-9-16)17-6-7-18(15(5)12-17)27(25,26)21-20(24)14(3)4/h6-7,12-14,16H,8-11H2,1-5H3,(H,21,24). The first-order valence-electron chi connectivity index (χ1n) is 9.49. The molecule has 1 heterocycles. The van der Waals surface area contributed by atoms with Crippen LogP contribution in [0.5, 0.6) is 0 Å². The largest absolute Gasteiger partial charge is 0.371 e. The molecule has 1 aromatic carbocycles. The minimum absolute atomic E-state index is 0.0642. The predicted octanol–water partition coefficient (Wildman–Crippen LogP) is 2.90. The minimum atomic E-state index is -3.87. The highest BCUT2D eigenvalue weighted by Crippen LogP contribution is 2.28. The molecular weight excluding hydrogens is 364 g/mol. The van der Waals surface area contributed by atoms with E-state index < -0.39 is 21.8 Å². The Morgan fingerprint density at radius 3 is 2.15 bits per heavy atom. The number of rotatable bonds is 6. The van der Waals surface area contributed by atoms with Crippen LogP contribution in [-0.2, 0) is 19.6 Å². The van der Waals surface area contributed by atoms with E-state index >= 15 is 0 Å². The first-order chi connectivity index (χ1) is 12.5. The molecular formula is C20H30N2O4S. The number of aryl methyl sites for hydroxylation is 1. The summed E-state index contributed by atoms with van der Waals surface area (Å²) in [5.41, 5.74) is 1.54. The normalized spacial score (nSPS) is 16.0. The lowest BCUT2D eigenvalue weighted by atomic mass is 9.87. The van der Waals surface area contributed by atoms with Gasteiger partial charge in [0.25, 0.3) is 10.0 Å². The zero-order chi connectivity index (χ0) is 20.4. The van der Waals surface area contributed by atoms with Gasteiger partial charge >= 0.3 is 0 Å². The van der Waals surface area contributed by atoms with Gasteiger partial charge in [-0.25, -0.2) is 13.1 Å². The molecule has 0 saturated carbocycles. The molecule has 150 valence electrons. The van der Waals surface area contributed by atoms with E-state index in [9.17, 15) is 18.0 Å². The quantitative estimate of drug-likeness (QED) is 0.802. The van der Waals surface area contributed by atoms with E-state index in [1.807, 2.05) is 19.9 Å². The molecule has 0 aliphatic carbocycles. The summed E-state index contributed by atoms with van der Waals surface area (Å²) in [6.45, 7) is 10.5. The summed E-state index contributed by atoms with van der Waals surface area (Å²) in [4.78, 5) is 26.2. The van der Waals surface area contributed by atoms with Gasteiger partial charge in [0.2, 0.25) is 5.91 Å². The molecule has 6 nitrogen and oxygen atoms in total. The van der Waals surface area contributed by atoms with Crippen molar-refractivity contribution in [1.82, 2.24) is 4.72 Å². The van der Waals surface area contributed by atoms with Gasteiger partial charge in [-0.1, -0.05) is 27.7 Å². The minimum Gasteiger partial charge on any atom is -0.371 e. The van der Waals surface area contributed by atoms with Crippen LogP contribution in [0.25, 0.3) is 0 Å². The zero-order valence-electron chi connectivity index (χ0n) is 16.8. The van der Waals surface area contributed by atoms with Gasteiger partial charge in [0, 0.05) is 36.5 Å². The van der Waals surface area contributed by atoms with Crippen molar-refractivity contribution in [2.45, 2.75) is 52.4 Å². The molecule has 1 aliphatic heterocycles. The summed E-state index contributed by atoms with van der Waals surface area (Å²) < 4.78 is 27.0. The second-order valence-corrected chi connectivity index (χ2v) is 9.54. The van der Waals surface area contributed by atoms with Crippen LogP contribution in [0.4, 0.5) is 5.69 Å². The molecule has 1 aliphatic rings. The van der Waals surface area contributed by atoms with E-state index in [2.05, 4.69) is 9.62 Å².